The summed E-state index contributed by atoms with van der Waals surface area (Å²) in [6.45, 7) is 0.416. The van der Waals surface area contributed by atoms with Gasteiger partial charge in [0.05, 0.1) is 13.7 Å². The Morgan fingerprint density at radius 3 is 2.78 bits per heavy atom. The maximum atomic E-state index is 10.1. The van der Waals surface area contributed by atoms with Crippen molar-refractivity contribution < 1.29 is 14.6 Å². The Hall–Kier alpha value is -0.610. The van der Waals surface area contributed by atoms with E-state index in [0.717, 1.165) is 0 Å². The van der Waals surface area contributed by atoms with Crippen molar-refractivity contribution in [1.82, 2.24) is 0 Å². The molecule has 54 valence electrons. The first-order valence-corrected chi connectivity index (χ1v) is 2.71. The molecule has 0 aliphatic rings. The zero-order valence-electron chi connectivity index (χ0n) is 5.42. The third-order valence-corrected chi connectivity index (χ3v) is 0.769. The molecule has 9 heavy (non-hydrogen) atoms. The number of hydrogen-bond donors (Lipinski definition) is 1. The molecule has 0 rings (SSSR count). The van der Waals surface area contributed by atoms with Crippen LogP contribution in [0.5, 0.6) is 0 Å². The van der Waals surface area contributed by atoms with E-state index in [4.69, 9.17) is 5.73 Å². The second kappa shape index (κ2) is 5.53. The summed E-state index contributed by atoms with van der Waals surface area (Å²) in [7, 11) is 1.42. The highest BCUT2D eigenvalue weighted by atomic mass is 17.2. The summed E-state index contributed by atoms with van der Waals surface area (Å²) in [6.07, 6.45) is 0.965. The van der Waals surface area contributed by atoms with Crippen molar-refractivity contribution in [3.63, 3.8) is 0 Å². The van der Waals surface area contributed by atoms with Crippen molar-refractivity contribution >= 4 is 5.91 Å². The normalized spacial score (nSPS) is 9.44. The summed E-state index contributed by atoms with van der Waals surface area (Å²) in [5.74, 6) is -0.310. The van der Waals surface area contributed by atoms with Gasteiger partial charge in [-0.15, -0.1) is 0 Å². The molecule has 0 aliphatic carbocycles. The molecule has 0 atom stereocenters. The summed E-state index contributed by atoms with van der Waals surface area (Å²) >= 11 is 0. The number of hydrogen-bond acceptors (Lipinski definition) is 3. The van der Waals surface area contributed by atoms with Crippen molar-refractivity contribution in [3.05, 3.63) is 0 Å². The van der Waals surface area contributed by atoms with Gasteiger partial charge < -0.3 is 5.73 Å². The molecule has 0 fully saturated rings. The van der Waals surface area contributed by atoms with Gasteiger partial charge in [-0.25, -0.2) is 9.78 Å². The fraction of sp³-hybridized carbons (Fsp3) is 0.800. The molecular formula is C5H11NO3. The van der Waals surface area contributed by atoms with E-state index in [1.54, 1.807) is 0 Å². The zero-order valence-corrected chi connectivity index (χ0v) is 5.42. The van der Waals surface area contributed by atoms with Crippen molar-refractivity contribution in [2.75, 3.05) is 13.7 Å². The van der Waals surface area contributed by atoms with E-state index in [-0.39, 0.29) is 5.91 Å². The highest BCUT2D eigenvalue weighted by molar-refractivity contribution is 5.73. The molecule has 2 N–H and O–H groups in total. The summed E-state index contributed by atoms with van der Waals surface area (Å²) < 4.78 is 0. The fourth-order valence-corrected chi connectivity index (χ4v) is 0.389. The Morgan fingerprint density at radius 2 is 2.33 bits per heavy atom. The van der Waals surface area contributed by atoms with E-state index in [9.17, 15) is 4.79 Å². The lowest BCUT2D eigenvalue weighted by molar-refractivity contribution is -0.272. The van der Waals surface area contributed by atoms with Crippen LogP contribution in [0, 0.1) is 0 Å². The predicted octanol–water partition coefficient (Wildman–Crippen LogP) is -0.170. The molecule has 1 amide bonds. The Balaban J connectivity index is 2.83. The molecule has 4 nitrogen and oxygen atoms in total. The van der Waals surface area contributed by atoms with Crippen LogP contribution in [0.1, 0.15) is 12.8 Å². The summed E-state index contributed by atoms with van der Waals surface area (Å²) in [5.41, 5.74) is 4.84. The quantitative estimate of drug-likeness (QED) is 0.322. The number of amides is 1. The lowest BCUT2D eigenvalue weighted by Crippen LogP contribution is -2.10. The van der Waals surface area contributed by atoms with Crippen LogP contribution in [0.4, 0.5) is 0 Å². The van der Waals surface area contributed by atoms with Gasteiger partial charge in [0, 0.05) is 6.42 Å². The minimum atomic E-state index is -0.310. The SMILES string of the molecule is COOCCCC(N)=O. The average molecular weight is 133 g/mol. The lowest BCUT2D eigenvalue weighted by Gasteiger charge is -1.95. The number of carbonyl (C=O) groups excluding carboxylic acids is 1. The smallest absolute Gasteiger partial charge is 0.217 e. The maximum Gasteiger partial charge on any atom is 0.217 e. The van der Waals surface area contributed by atoms with E-state index < -0.39 is 0 Å². The molecule has 4 heteroatoms. The zero-order chi connectivity index (χ0) is 7.11. The van der Waals surface area contributed by atoms with Crippen LogP contribution >= 0.6 is 0 Å². The Kier molecular flexibility index (Phi) is 5.15. The van der Waals surface area contributed by atoms with Gasteiger partial charge in [0.25, 0.3) is 0 Å². The van der Waals surface area contributed by atoms with Gasteiger partial charge >= 0.3 is 0 Å². The van der Waals surface area contributed by atoms with Gasteiger partial charge in [0.15, 0.2) is 0 Å². The van der Waals surface area contributed by atoms with Crippen molar-refractivity contribution in [3.8, 4) is 0 Å². The summed E-state index contributed by atoms with van der Waals surface area (Å²) in [5, 5.41) is 0. The van der Waals surface area contributed by atoms with E-state index >= 15 is 0 Å². The first kappa shape index (κ1) is 8.39. The summed E-state index contributed by atoms with van der Waals surface area (Å²) in [4.78, 5) is 18.8. The second-order valence-electron chi connectivity index (χ2n) is 1.56. The van der Waals surface area contributed by atoms with Crippen LogP contribution < -0.4 is 5.73 Å². The number of nitrogens with two attached hydrogens (primary N) is 1. The molecular weight excluding hydrogens is 122 g/mol. The predicted molar refractivity (Wildman–Crippen MR) is 31.4 cm³/mol. The number of carbonyl (C=O) groups is 1. The standard InChI is InChI=1S/C5H11NO3/c1-8-9-4-2-3-5(6)7/h2-4H2,1H3,(H2,6,7). The topological polar surface area (TPSA) is 61.6 Å². The molecule has 0 unspecified atom stereocenters. The number of primary amides is 1. The number of rotatable bonds is 5. The maximum absolute atomic E-state index is 10.1. The van der Waals surface area contributed by atoms with E-state index in [2.05, 4.69) is 9.78 Å². The van der Waals surface area contributed by atoms with Crippen LogP contribution in [0.2, 0.25) is 0 Å². The van der Waals surface area contributed by atoms with Crippen molar-refractivity contribution in [2.45, 2.75) is 12.8 Å². The van der Waals surface area contributed by atoms with Crippen LogP contribution in [0.15, 0.2) is 0 Å². The van der Waals surface area contributed by atoms with Crippen molar-refractivity contribution in [2.24, 2.45) is 5.73 Å². The first-order valence-electron chi connectivity index (χ1n) is 2.71. The average Bonchev–Trinajstić information content (AvgIpc) is 1.80. The van der Waals surface area contributed by atoms with Crippen LogP contribution in [0.25, 0.3) is 0 Å². The van der Waals surface area contributed by atoms with Gasteiger partial charge in [-0.05, 0) is 6.42 Å². The van der Waals surface area contributed by atoms with Gasteiger partial charge in [-0.1, -0.05) is 0 Å². The molecule has 0 bridgehead atoms. The summed E-state index contributed by atoms with van der Waals surface area (Å²) in [6, 6.07) is 0. The van der Waals surface area contributed by atoms with Crippen LogP contribution in [0.3, 0.4) is 0 Å². The molecule has 0 radical (unpaired) electrons. The molecule has 0 aromatic carbocycles. The van der Waals surface area contributed by atoms with Gasteiger partial charge in [0.1, 0.15) is 0 Å². The van der Waals surface area contributed by atoms with Gasteiger partial charge in [-0.2, -0.15) is 0 Å². The van der Waals surface area contributed by atoms with Crippen LogP contribution in [-0.4, -0.2) is 19.6 Å². The molecule has 0 aromatic heterocycles. The van der Waals surface area contributed by atoms with E-state index in [1.165, 1.54) is 7.11 Å². The van der Waals surface area contributed by atoms with E-state index in [1.807, 2.05) is 0 Å². The molecule has 0 aromatic rings. The molecule has 0 spiro atoms. The van der Waals surface area contributed by atoms with Gasteiger partial charge in [0.2, 0.25) is 5.91 Å². The second-order valence-corrected chi connectivity index (χ2v) is 1.56. The third kappa shape index (κ3) is 7.39. The molecule has 0 saturated heterocycles. The van der Waals surface area contributed by atoms with Crippen molar-refractivity contribution in [1.29, 1.82) is 0 Å². The molecule has 0 saturated carbocycles. The molecule has 0 aliphatic heterocycles. The fourth-order valence-electron chi connectivity index (χ4n) is 0.389. The third-order valence-electron chi connectivity index (χ3n) is 0.769. The monoisotopic (exact) mass is 133 g/mol. The van der Waals surface area contributed by atoms with Crippen LogP contribution in [-0.2, 0) is 14.6 Å². The van der Waals surface area contributed by atoms with E-state index in [0.29, 0.717) is 19.4 Å². The highest BCUT2D eigenvalue weighted by Gasteiger charge is 1.92. The Morgan fingerprint density at radius 1 is 1.67 bits per heavy atom. The minimum absolute atomic E-state index is 0.310. The molecule has 0 heterocycles. The largest absolute Gasteiger partial charge is 0.370 e. The lowest BCUT2D eigenvalue weighted by atomic mass is 10.3. The minimum Gasteiger partial charge on any atom is -0.370 e. The van der Waals surface area contributed by atoms with Gasteiger partial charge in [-0.3, -0.25) is 4.79 Å². The Labute approximate surface area is 53.9 Å². The highest BCUT2D eigenvalue weighted by Crippen LogP contribution is 1.87. The Bertz CT molecular complexity index is 84.3. The first-order chi connectivity index (χ1) is 4.27.